The highest BCUT2D eigenvalue weighted by Gasteiger charge is 2.29. The van der Waals surface area contributed by atoms with Crippen LogP contribution in [0, 0.1) is 0 Å². The first-order chi connectivity index (χ1) is 8.22. The first-order valence-electron chi connectivity index (χ1n) is 5.54. The van der Waals surface area contributed by atoms with Gasteiger partial charge in [0.2, 0.25) is 0 Å². The number of ether oxygens (including phenoxy) is 1. The molecule has 2 rings (SSSR count). The lowest BCUT2D eigenvalue weighted by atomic mass is 9.94. The second kappa shape index (κ2) is 5.26. The Morgan fingerprint density at radius 3 is 2.76 bits per heavy atom. The molecule has 1 aromatic rings. The van der Waals surface area contributed by atoms with Crippen LogP contribution in [0.15, 0.2) is 12.4 Å². The van der Waals surface area contributed by atoms with Crippen LogP contribution in [0.4, 0.5) is 11.6 Å². The van der Waals surface area contributed by atoms with E-state index in [-0.39, 0.29) is 0 Å². The second-order valence-corrected chi connectivity index (χ2v) is 4.12. The summed E-state index contributed by atoms with van der Waals surface area (Å²) in [5.41, 5.74) is 1.69. The van der Waals surface area contributed by atoms with E-state index in [2.05, 4.69) is 20.7 Å². The van der Waals surface area contributed by atoms with E-state index in [1.54, 1.807) is 6.20 Å². The smallest absolute Gasteiger partial charge is 0.160 e. The average molecular weight is 239 g/mol. The van der Waals surface area contributed by atoms with Gasteiger partial charge in [-0.25, -0.2) is 10.8 Å². The van der Waals surface area contributed by atoms with Gasteiger partial charge in [-0.05, 0) is 0 Å². The van der Waals surface area contributed by atoms with Gasteiger partial charge in [-0.2, -0.15) is 0 Å². The molecule has 0 radical (unpaired) electrons. The van der Waals surface area contributed by atoms with Gasteiger partial charge in [0.1, 0.15) is 5.82 Å². The molecule has 0 aromatic carbocycles. The number of nitrogens with two attached hydrogens (primary N) is 1. The zero-order valence-corrected chi connectivity index (χ0v) is 9.52. The summed E-state index contributed by atoms with van der Waals surface area (Å²) in [5, 5.41) is 13.3. The minimum atomic E-state index is -0.730. The lowest BCUT2D eigenvalue weighted by molar-refractivity contribution is -0.0543. The molecule has 1 aliphatic rings. The molecule has 2 heterocycles. The number of nitrogens with zero attached hydrogens (tertiary/aromatic N) is 2. The zero-order chi connectivity index (χ0) is 12.1. The second-order valence-electron chi connectivity index (χ2n) is 4.12. The van der Waals surface area contributed by atoms with Crippen LogP contribution in [0.2, 0.25) is 0 Å². The number of aliphatic hydroxyl groups is 1. The SMILES string of the molecule is NNc1cncc(NCC2(O)CCOCC2)n1. The molecule has 0 bridgehead atoms. The van der Waals surface area contributed by atoms with Crippen LogP contribution in [-0.2, 0) is 4.74 Å². The summed E-state index contributed by atoms with van der Waals surface area (Å²) in [6, 6.07) is 0. The summed E-state index contributed by atoms with van der Waals surface area (Å²) < 4.78 is 5.21. The van der Waals surface area contributed by atoms with E-state index in [0.717, 1.165) is 0 Å². The van der Waals surface area contributed by atoms with Gasteiger partial charge in [-0.3, -0.25) is 4.98 Å². The van der Waals surface area contributed by atoms with Crippen molar-refractivity contribution in [1.29, 1.82) is 0 Å². The molecule has 0 spiro atoms. The zero-order valence-electron chi connectivity index (χ0n) is 9.52. The largest absolute Gasteiger partial charge is 0.388 e. The predicted octanol–water partition coefficient (Wildman–Crippen LogP) is -0.284. The van der Waals surface area contributed by atoms with Crippen molar-refractivity contribution in [3.8, 4) is 0 Å². The highest BCUT2D eigenvalue weighted by molar-refractivity contribution is 5.40. The molecule has 1 fully saturated rings. The van der Waals surface area contributed by atoms with Crippen molar-refractivity contribution in [2.24, 2.45) is 5.84 Å². The Kier molecular flexibility index (Phi) is 3.72. The van der Waals surface area contributed by atoms with Crippen LogP contribution >= 0.6 is 0 Å². The molecule has 5 N–H and O–H groups in total. The minimum Gasteiger partial charge on any atom is -0.388 e. The molecule has 0 saturated carbocycles. The Balaban J connectivity index is 1.92. The Bertz CT molecular complexity index is 367. The van der Waals surface area contributed by atoms with Crippen molar-refractivity contribution < 1.29 is 9.84 Å². The molecule has 17 heavy (non-hydrogen) atoms. The fourth-order valence-corrected chi connectivity index (χ4v) is 1.70. The Morgan fingerprint density at radius 2 is 2.06 bits per heavy atom. The predicted molar refractivity (Wildman–Crippen MR) is 63.3 cm³/mol. The van der Waals surface area contributed by atoms with Crippen molar-refractivity contribution >= 4 is 11.6 Å². The summed E-state index contributed by atoms with van der Waals surface area (Å²) in [4.78, 5) is 8.12. The fourth-order valence-electron chi connectivity index (χ4n) is 1.70. The Hall–Kier alpha value is -1.44. The van der Waals surface area contributed by atoms with Gasteiger partial charge >= 0.3 is 0 Å². The summed E-state index contributed by atoms with van der Waals surface area (Å²) in [7, 11) is 0. The quantitative estimate of drug-likeness (QED) is 0.423. The lowest BCUT2D eigenvalue weighted by Crippen LogP contribution is -2.42. The van der Waals surface area contributed by atoms with Gasteiger partial charge in [0.15, 0.2) is 5.82 Å². The molecule has 7 heteroatoms. The van der Waals surface area contributed by atoms with E-state index in [1.165, 1.54) is 6.20 Å². The highest BCUT2D eigenvalue weighted by Crippen LogP contribution is 2.20. The molecule has 1 aliphatic heterocycles. The van der Waals surface area contributed by atoms with Crippen molar-refractivity contribution in [3.63, 3.8) is 0 Å². The Labute approximate surface area is 99.4 Å². The van der Waals surface area contributed by atoms with E-state index >= 15 is 0 Å². The van der Waals surface area contributed by atoms with Gasteiger partial charge in [0, 0.05) is 32.6 Å². The van der Waals surface area contributed by atoms with Crippen molar-refractivity contribution in [2.75, 3.05) is 30.5 Å². The van der Waals surface area contributed by atoms with Gasteiger partial charge in [-0.1, -0.05) is 0 Å². The van der Waals surface area contributed by atoms with Crippen LogP contribution in [-0.4, -0.2) is 40.4 Å². The lowest BCUT2D eigenvalue weighted by Gasteiger charge is -2.32. The van der Waals surface area contributed by atoms with Gasteiger partial charge in [-0.15, -0.1) is 0 Å². The molecule has 0 amide bonds. The summed E-state index contributed by atoms with van der Waals surface area (Å²) in [6.45, 7) is 1.61. The number of aromatic nitrogens is 2. The average Bonchev–Trinajstić information content (AvgIpc) is 2.38. The molecular formula is C10H17N5O2. The third-order valence-corrected chi connectivity index (χ3v) is 2.80. The van der Waals surface area contributed by atoms with Crippen LogP contribution in [0.1, 0.15) is 12.8 Å². The van der Waals surface area contributed by atoms with E-state index in [0.29, 0.717) is 44.2 Å². The van der Waals surface area contributed by atoms with Crippen LogP contribution in [0.25, 0.3) is 0 Å². The van der Waals surface area contributed by atoms with E-state index < -0.39 is 5.60 Å². The monoisotopic (exact) mass is 239 g/mol. The first kappa shape index (κ1) is 12.0. The van der Waals surface area contributed by atoms with Gasteiger partial charge in [0.25, 0.3) is 0 Å². The van der Waals surface area contributed by atoms with Crippen LogP contribution in [0.5, 0.6) is 0 Å². The number of hydrazine groups is 1. The maximum absolute atomic E-state index is 10.2. The first-order valence-corrected chi connectivity index (χ1v) is 5.54. The van der Waals surface area contributed by atoms with Crippen molar-refractivity contribution in [3.05, 3.63) is 12.4 Å². The highest BCUT2D eigenvalue weighted by atomic mass is 16.5. The number of rotatable bonds is 4. The van der Waals surface area contributed by atoms with Crippen molar-refractivity contribution in [2.45, 2.75) is 18.4 Å². The van der Waals surface area contributed by atoms with Crippen molar-refractivity contribution in [1.82, 2.24) is 9.97 Å². The standard InChI is InChI=1S/C10H17N5O2/c11-15-9-6-12-5-8(14-9)13-7-10(16)1-3-17-4-2-10/h5-6,16H,1-4,7,11H2,(H2,13,14,15). The van der Waals surface area contributed by atoms with E-state index in [4.69, 9.17) is 10.6 Å². The fraction of sp³-hybridized carbons (Fsp3) is 0.600. The number of nitrogen functional groups attached to an aromatic ring is 1. The number of nitrogens with one attached hydrogen (secondary N) is 2. The van der Waals surface area contributed by atoms with E-state index in [1.807, 2.05) is 0 Å². The third-order valence-electron chi connectivity index (χ3n) is 2.80. The molecule has 0 atom stereocenters. The Morgan fingerprint density at radius 1 is 1.35 bits per heavy atom. The number of anilines is 2. The van der Waals surface area contributed by atoms with Crippen LogP contribution in [0.3, 0.4) is 0 Å². The topological polar surface area (TPSA) is 105 Å². The maximum Gasteiger partial charge on any atom is 0.160 e. The minimum absolute atomic E-state index is 0.430. The third kappa shape index (κ3) is 3.26. The molecule has 1 saturated heterocycles. The molecule has 7 nitrogen and oxygen atoms in total. The normalized spacial score (nSPS) is 18.7. The van der Waals surface area contributed by atoms with Crippen LogP contribution < -0.4 is 16.6 Å². The van der Waals surface area contributed by atoms with Gasteiger partial charge in [0.05, 0.1) is 18.0 Å². The number of hydrogen-bond acceptors (Lipinski definition) is 7. The summed E-state index contributed by atoms with van der Waals surface area (Å²) >= 11 is 0. The van der Waals surface area contributed by atoms with E-state index in [9.17, 15) is 5.11 Å². The van der Waals surface area contributed by atoms with Gasteiger partial charge < -0.3 is 20.6 Å². The molecule has 1 aromatic heterocycles. The summed E-state index contributed by atoms with van der Waals surface area (Å²) in [6.07, 6.45) is 4.36. The number of hydrogen-bond donors (Lipinski definition) is 4. The molecular weight excluding hydrogens is 222 g/mol. The molecule has 0 unspecified atom stereocenters. The molecule has 94 valence electrons. The maximum atomic E-state index is 10.2. The molecule has 0 aliphatic carbocycles. The summed E-state index contributed by atoms with van der Waals surface area (Å²) in [5.74, 6) is 6.30.